The molecule has 1 aliphatic rings. The fourth-order valence-electron chi connectivity index (χ4n) is 3.61. The van der Waals surface area contributed by atoms with E-state index in [-0.39, 0.29) is 17.8 Å². The van der Waals surface area contributed by atoms with Gasteiger partial charge < -0.3 is 4.90 Å². The van der Waals surface area contributed by atoms with Crippen LogP contribution in [0.2, 0.25) is 0 Å². The van der Waals surface area contributed by atoms with Gasteiger partial charge in [-0.15, -0.1) is 0 Å². The summed E-state index contributed by atoms with van der Waals surface area (Å²) < 4.78 is 28.3. The number of amides is 1. The van der Waals surface area contributed by atoms with Gasteiger partial charge in [0.15, 0.2) is 0 Å². The SMILES string of the molecule is CC1=C(c2ccccc2F)C(=O)N(C(C)(C)c2ccc(F)c(Br)c2)C1C. The molecule has 2 aromatic carbocycles. The van der Waals surface area contributed by atoms with Gasteiger partial charge in [-0.3, -0.25) is 4.79 Å². The van der Waals surface area contributed by atoms with Gasteiger partial charge in [0.05, 0.1) is 21.6 Å². The molecule has 0 aliphatic carbocycles. The van der Waals surface area contributed by atoms with Crippen molar-refractivity contribution in [1.82, 2.24) is 4.90 Å². The fraction of sp³-hybridized carbons (Fsp3) is 0.286. The Labute approximate surface area is 160 Å². The van der Waals surface area contributed by atoms with Crippen molar-refractivity contribution in [3.8, 4) is 0 Å². The van der Waals surface area contributed by atoms with E-state index in [2.05, 4.69) is 15.9 Å². The molecular formula is C21H20BrF2NO. The molecule has 26 heavy (non-hydrogen) atoms. The predicted molar refractivity (Wildman–Crippen MR) is 102 cm³/mol. The second kappa shape index (κ2) is 6.62. The van der Waals surface area contributed by atoms with Gasteiger partial charge in [0.25, 0.3) is 5.91 Å². The highest BCUT2D eigenvalue weighted by Crippen LogP contribution is 2.42. The summed E-state index contributed by atoms with van der Waals surface area (Å²) in [7, 11) is 0. The maximum atomic E-state index is 14.3. The summed E-state index contributed by atoms with van der Waals surface area (Å²) in [4.78, 5) is 15.0. The van der Waals surface area contributed by atoms with Crippen LogP contribution in [0.25, 0.3) is 5.57 Å². The zero-order valence-corrected chi connectivity index (χ0v) is 16.7. The minimum absolute atomic E-state index is 0.198. The van der Waals surface area contributed by atoms with Crippen molar-refractivity contribution >= 4 is 27.4 Å². The Morgan fingerprint density at radius 1 is 1.08 bits per heavy atom. The van der Waals surface area contributed by atoms with Crippen LogP contribution in [0.3, 0.4) is 0 Å². The van der Waals surface area contributed by atoms with Crippen molar-refractivity contribution in [2.45, 2.75) is 39.3 Å². The summed E-state index contributed by atoms with van der Waals surface area (Å²) in [6.45, 7) is 7.62. The van der Waals surface area contributed by atoms with Crippen LogP contribution in [0.4, 0.5) is 8.78 Å². The molecule has 0 saturated heterocycles. The van der Waals surface area contributed by atoms with Gasteiger partial charge in [-0.05, 0) is 73.0 Å². The normalized spacial score (nSPS) is 18.0. The standard InChI is InChI=1S/C21H20BrF2NO/c1-12-13(2)25(20(26)19(12)15-7-5-6-8-17(15)23)21(3,4)14-9-10-18(24)16(22)11-14/h5-11,13H,1-4H3. The zero-order chi connectivity index (χ0) is 19.2. The van der Waals surface area contributed by atoms with Crippen LogP contribution in [0.5, 0.6) is 0 Å². The lowest BCUT2D eigenvalue weighted by Crippen LogP contribution is -2.47. The average molecular weight is 420 g/mol. The summed E-state index contributed by atoms with van der Waals surface area (Å²) in [5, 5.41) is 0. The molecule has 0 spiro atoms. The maximum Gasteiger partial charge on any atom is 0.255 e. The summed E-state index contributed by atoms with van der Waals surface area (Å²) in [6, 6.07) is 10.9. The first-order valence-electron chi connectivity index (χ1n) is 8.41. The quantitative estimate of drug-likeness (QED) is 0.627. The number of carbonyl (C=O) groups is 1. The maximum absolute atomic E-state index is 14.3. The van der Waals surface area contributed by atoms with Crippen LogP contribution < -0.4 is 0 Å². The van der Waals surface area contributed by atoms with Crippen LogP contribution in [0.15, 0.2) is 52.5 Å². The molecule has 1 heterocycles. The molecule has 3 rings (SSSR count). The molecule has 0 saturated carbocycles. The van der Waals surface area contributed by atoms with Crippen molar-refractivity contribution in [1.29, 1.82) is 0 Å². The highest BCUT2D eigenvalue weighted by Gasteiger charge is 2.44. The summed E-state index contributed by atoms with van der Waals surface area (Å²) in [5.41, 5.74) is 1.66. The van der Waals surface area contributed by atoms with Crippen molar-refractivity contribution < 1.29 is 13.6 Å². The van der Waals surface area contributed by atoms with Gasteiger partial charge in [0, 0.05) is 5.56 Å². The first-order chi connectivity index (χ1) is 12.2. The predicted octanol–water partition coefficient (Wildman–Crippen LogP) is 5.67. The number of benzene rings is 2. The van der Waals surface area contributed by atoms with Crippen LogP contribution in [0, 0.1) is 11.6 Å². The van der Waals surface area contributed by atoms with Gasteiger partial charge in [0.2, 0.25) is 0 Å². The Morgan fingerprint density at radius 3 is 2.35 bits per heavy atom. The van der Waals surface area contributed by atoms with Gasteiger partial charge in [-0.1, -0.05) is 24.3 Å². The van der Waals surface area contributed by atoms with E-state index in [4.69, 9.17) is 0 Å². The number of halogens is 3. The molecule has 0 N–H and O–H groups in total. The highest BCUT2D eigenvalue weighted by atomic mass is 79.9. The van der Waals surface area contributed by atoms with E-state index in [1.165, 1.54) is 12.1 Å². The van der Waals surface area contributed by atoms with Crippen LogP contribution in [-0.4, -0.2) is 16.8 Å². The number of rotatable bonds is 3. The minimum atomic E-state index is -0.693. The number of carbonyl (C=O) groups excluding carboxylic acids is 1. The monoisotopic (exact) mass is 419 g/mol. The molecule has 5 heteroatoms. The smallest absolute Gasteiger partial charge is 0.255 e. The van der Waals surface area contributed by atoms with E-state index in [0.29, 0.717) is 15.6 Å². The van der Waals surface area contributed by atoms with Gasteiger partial charge >= 0.3 is 0 Å². The second-order valence-electron chi connectivity index (χ2n) is 7.08. The third kappa shape index (κ3) is 2.88. The Morgan fingerprint density at radius 2 is 1.73 bits per heavy atom. The summed E-state index contributed by atoms with van der Waals surface area (Å²) in [5.74, 6) is -0.983. The van der Waals surface area contributed by atoms with Crippen LogP contribution >= 0.6 is 15.9 Å². The van der Waals surface area contributed by atoms with Crippen molar-refractivity contribution in [3.05, 3.63) is 75.3 Å². The molecule has 1 atom stereocenters. The van der Waals surface area contributed by atoms with Crippen LogP contribution in [0.1, 0.15) is 38.8 Å². The van der Waals surface area contributed by atoms with E-state index < -0.39 is 11.4 Å². The average Bonchev–Trinajstić information content (AvgIpc) is 2.80. The van der Waals surface area contributed by atoms with E-state index in [1.807, 2.05) is 27.7 Å². The molecular weight excluding hydrogens is 400 g/mol. The molecule has 0 radical (unpaired) electrons. The van der Waals surface area contributed by atoms with Gasteiger partial charge in [0.1, 0.15) is 11.6 Å². The lowest BCUT2D eigenvalue weighted by molar-refractivity contribution is -0.130. The van der Waals surface area contributed by atoms with E-state index in [9.17, 15) is 13.6 Å². The van der Waals surface area contributed by atoms with E-state index in [1.54, 1.807) is 35.2 Å². The summed E-state index contributed by atoms with van der Waals surface area (Å²) >= 11 is 3.21. The Hall–Kier alpha value is -2.01. The van der Waals surface area contributed by atoms with Crippen molar-refractivity contribution in [2.75, 3.05) is 0 Å². The second-order valence-corrected chi connectivity index (χ2v) is 7.93. The zero-order valence-electron chi connectivity index (χ0n) is 15.1. The lowest BCUT2D eigenvalue weighted by atomic mass is 9.91. The molecule has 0 aromatic heterocycles. The molecule has 1 unspecified atom stereocenters. The third-order valence-corrected chi connectivity index (χ3v) is 5.82. The lowest BCUT2D eigenvalue weighted by Gasteiger charge is -2.40. The third-order valence-electron chi connectivity index (χ3n) is 5.21. The van der Waals surface area contributed by atoms with Gasteiger partial charge in [-0.25, -0.2) is 8.78 Å². The largest absolute Gasteiger partial charge is 0.323 e. The molecule has 136 valence electrons. The van der Waals surface area contributed by atoms with Crippen molar-refractivity contribution in [3.63, 3.8) is 0 Å². The molecule has 0 fully saturated rings. The molecule has 2 nitrogen and oxygen atoms in total. The number of hydrogen-bond donors (Lipinski definition) is 0. The topological polar surface area (TPSA) is 20.3 Å². The first-order valence-corrected chi connectivity index (χ1v) is 9.20. The first kappa shape index (κ1) is 18.8. The molecule has 1 aliphatic heterocycles. The Bertz CT molecular complexity index is 920. The highest BCUT2D eigenvalue weighted by molar-refractivity contribution is 9.10. The van der Waals surface area contributed by atoms with Crippen LogP contribution in [-0.2, 0) is 10.3 Å². The van der Waals surface area contributed by atoms with E-state index >= 15 is 0 Å². The van der Waals surface area contributed by atoms with E-state index in [0.717, 1.165) is 11.1 Å². The minimum Gasteiger partial charge on any atom is -0.323 e. The molecule has 0 bridgehead atoms. The fourth-order valence-corrected chi connectivity index (χ4v) is 3.99. The Kier molecular flexibility index (Phi) is 4.78. The van der Waals surface area contributed by atoms with Gasteiger partial charge in [-0.2, -0.15) is 0 Å². The molecule has 2 aromatic rings. The van der Waals surface area contributed by atoms with Crippen molar-refractivity contribution in [2.24, 2.45) is 0 Å². The Balaban J connectivity index is 2.06. The molecule has 1 amide bonds. The number of nitrogens with zero attached hydrogens (tertiary/aromatic N) is 1. The summed E-state index contributed by atoms with van der Waals surface area (Å²) in [6.07, 6.45) is 0. The number of hydrogen-bond acceptors (Lipinski definition) is 1.